The summed E-state index contributed by atoms with van der Waals surface area (Å²) in [4.78, 5) is 13.5. The molecule has 1 rings (SSSR count). The van der Waals surface area contributed by atoms with E-state index < -0.39 is 0 Å². The van der Waals surface area contributed by atoms with E-state index in [1.165, 1.54) is 6.42 Å². The van der Waals surface area contributed by atoms with Crippen LogP contribution >= 0.6 is 0 Å². The second kappa shape index (κ2) is 7.63. The number of unbranched alkanes of at least 4 members (excludes halogenated alkanes) is 2. The summed E-state index contributed by atoms with van der Waals surface area (Å²) in [5.74, 6) is -0.0564. The lowest BCUT2D eigenvalue weighted by Gasteiger charge is -2.35. The van der Waals surface area contributed by atoms with Gasteiger partial charge in [0.15, 0.2) is 0 Å². The monoisotopic (exact) mass is 228 g/mol. The summed E-state index contributed by atoms with van der Waals surface area (Å²) in [6.07, 6.45) is 3.81. The highest BCUT2D eigenvalue weighted by atomic mass is 16.5. The minimum absolute atomic E-state index is 0.0564. The molecule has 1 heterocycles. The van der Waals surface area contributed by atoms with E-state index in [1.807, 2.05) is 6.92 Å². The van der Waals surface area contributed by atoms with E-state index in [1.54, 1.807) is 0 Å². The molecule has 16 heavy (non-hydrogen) atoms. The van der Waals surface area contributed by atoms with E-state index in [2.05, 4.69) is 17.3 Å². The van der Waals surface area contributed by atoms with E-state index in [4.69, 9.17) is 4.74 Å². The van der Waals surface area contributed by atoms with Crippen molar-refractivity contribution in [2.24, 2.45) is 0 Å². The van der Waals surface area contributed by atoms with Crippen LogP contribution in [0.5, 0.6) is 0 Å². The molecule has 0 aromatic heterocycles. The molecule has 1 fully saturated rings. The number of likely N-dealkylation sites (N-methyl/N-ethyl adjacent to an activating group) is 1. The molecule has 4 heteroatoms. The van der Waals surface area contributed by atoms with Crippen LogP contribution in [0.4, 0.5) is 0 Å². The van der Waals surface area contributed by atoms with Gasteiger partial charge in [0.05, 0.1) is 6.61 Å². The lowest BCUT2D eigenvalue weighted by atomic mass is 10.1. The van der Waals surface area contributed by atoms with Crippen molar-refractivity contribution in [2.75, 3.05) is 33.3 Å². The lowest BCUT2D eigenvalue weighted by Crippen LogP contribution is -2.55. The number of rotatable bonds is 8. The third-order valence-corrected chi connectivity index (χ3v) is 3.08. The molecular weight excluding hydrogens is 204 g/mol. The van der Waals surface area contributed by atoms with Crippen molar-refractivity contribution >= 4 is 5.97 Å². The summed E-state index contributed by atoms with van der Waals surface area (Å²) < 4.78 is 4.88. The average Bonchev–Trinajstić information content (AvgIpc) is 2.14. The second-order valence-corrected chi connectivity index (χ2v) is 4.41. The third-order valence-electron chi connectivity index (χ3n) is 3.08. The second-order valence-electron chi connectivity index (χ2n) is 4.41. The van der Waals surface area contributed by atoms with Crippen molar-refractivity contribution in [3.63, 3.8) is 0 Å². The van der Waals surface area contributed by atoms with E-state index >= 15 is 0 Å². The van der Waals surface area contributed by atoms with Crippen LogP contribution in [0.2, 0.25) is 0 Å². The number of nitrogens with zero attached hydrogens (tertiary/aromatic N) is 1. The van der Waals surface area contributed by atoms with Gasteiger partial charge in [-0.1, -0.05) is 6.42 Å². The molecule has 0 spiro atoms. The Morgan fingerprint density at radius 1 is 1.38 bits per heavy atom. The molecule has 1 saturated heterocycles. The number of esters is 1. The van der Waals surface area contributed by atoms with E-state index in [9.17, 15) is 4.79 Å². The van der Waals surface area contributed by atoms with Crippen LogP contribution in [0, 0.1) is 0 Å². The summed E-state index contributed by atoms with van der Waals surface area (Å²) in [5, 5.41) is 3.27. The Kier molecular flexibility index (Phi) is 6.42. The first-order valence-electron chi connectivity index (χ1n) is 6.30. The zero-order chi connectivity index (χ0) is 11.8. The van der Waals surface area contributed by atoms with Crippen molar-refractivity contribution < 1.29 is 9.53 Å². The Morgan fingerprint density at radius 3 is 2.69 bits per heavy atom. The molecule has 1 aliphatic rings. The Labute approximate surface area is 98.3 Å². The van der Waals surface area contributed by atoms with E-state index in [0.29, 0.717) is 13.0 Å². The van der Waals surface area contributed by atoms with Gasteiger partial charge in [-0.3, -0.25) is 4.79 Å². The van der Waals surface area contributed by atoms with E-state index in [-0.39, 0.29) is 5.97 Å². The largest absolute Gasteiger partial charge is 0.466 e. The molecule has 0 saturated carbocycles. The number of carbonyl (C=O) groups excluding carboxylic acids is 1. The molecule has 0 radical (unpaired) electrons. The maximum atomic E-state index is 11.1. The first kappa shape index (κ1) is 13.5. The van der Waals surface area contributed by atoms with Gasteiger partial charge in [-0.05, 0) is 33.4 Å². The molecular formula is C12H24N2O2. The zero-order valence-electron chi connectivity index (χ0n) is 10.5. The van der Waals surface area contributed by atoms with Crippen LogP contribution < -0.4 is 5.32 Å². The van der Waals surface area contributed by atoms with Gasteiger partial charge in [-0.2, -0.15) is 0 Å². The smallest absolute Gasteiger partial charge is 0.305 e. The van der Waals surface area contributed by atoms with Gasteiger partial charge in [0, 0.05) is 25.6 Å². The van der Waals surface area contributed by atoms with Gasteiger partial charge in [-0.15, -0.1) is 0 Å². The fraction of sp³-hybridized carbons (Fsp3) is 0.917. The van der Waals surface area contributed by atoms with Crippen LogP contribution in [-0.2, 0) is 9.53 Å². The molecule has 4 nitrogen and oxygen atoms in total. The fourth-order valence-electron chi connectivity index (χ4n) is 1.81. The fourth-order valence-corrected chi connectivity index (χ4v) is 1.81. The van der Waals surface area contributed by atoms with Gasteiger partial charge in [0.1, 0.15) is 0 Å². The number of hydrogen-bond acceptors (Lipinski definition) is 4. The first-order chi connectivity index (χ1) is 7.74. The van der Waals surface area contributed by atoms with Crippen molar-refractivity contribution in [3.05, 3.63) is 0 Å². The normalized spacial score (nSPS) is 16.2. The molecule has 1 aliphatic heterocycles. The van der Waals surface area contributed by atoms with Crippen molar-refractivity contribution in [1.82, 2.24) is 10.2 Å². The molecule has 0 atom stereocenters. The summed E-state index contributed by atoms with van der Waals surface area (Å²) >= 11 is 0. The molecule has 0 aromatic rings. The van der Waals surface area contributed by atoms with Gasteiger partial charge < -0.3 is 15.0 Å². The summed E-state index contributed by atoms with van der Waals surface area (Å²) in [5.41, 5.74) is 0. The minimum atomic E-state index is -0.0564. The predicted molar refractivity (Wildman–Crippen MR) is 64.4 cm³/mol. The van der Waals surface area contributed by atoms with Crippen LogP contribution in [0.15, 0.2) is 0 Å². The molecule has 0 unspecified atom stereocenters. The van der Waals surface area contributed by atoms with E-state index in [0.717, 1.165) is 38.5 Å². The zero-order valence-corrected chi connectivity index (χ0v) is 10.5. The predicted octanol–water partition coefficient (Wildman–Crippen LogP) is 1.01. The highest BCUT2D eigenvalue weighted by Crippen LogP contribution is 2.06. The van der Waals surface area contributed by atoms with Gasteiger partial charge in [-0.25, -0.2) is 0 Å². The number of ether oxygens (including phenoxy) is 1. The third kappa shape index (κ3) is 4.94. The SMILES string of the molecule is CCOC(=O)CCCCCN(C)C1CNC1. The highest BCUT2D eigenvalue weighted by Gasteiger charge is 2.20. The standard InChI is InChI=1S/C12H24N2O2/c1-3-16-12(15)7-5-4-6-8-14(2)11-9-13-10-11/h11,13H,3-10H2,1-2H3. The van der Waals surface area contributed by atoms with Crippen molar-refractivity contribution in [1.29, 1.82) is 0 Å². The summed E-state index contributed by atoms with van der Waals surface area (Å²) in [6.45, 7) is 5.73. The van der Waals surface area contributed by atoms with Crippen molar-refractivity contribution in [3.8, 4) is 0 Å². The Balaban J connectivity index is 1.89. The number of nitrogens with one attached hydrogen (secondary N) is 1. The van der Waals surface area contributed by atoms with Gasteiger partial charge in [0.25, 0.3) is 0 Å². The maximum Gasteiger partial charge on any atom is 0.305 e. The number of carbonyl (C=O) groups is 1. The molecule has 1 N–H and O–H groups in total. The Morgan fingerprint density at radius 2 is 2.12 bits per heavy atom. The molecule has 0 amide bonds. The summed E-state index contributed by atoms with van der Waals surface area (Å²) in [6, 6.07) is 0.727. The number of hydrogen-bond donors (Lipinski definition) is 1. The van der Waals surface area contributed by atoms with Gasteiger partial charge >= 0.3 is 5.97 Å². The van der Waals surface area contributed by atoms with Crippen LogP contribution in [0.1, 0.15) is 32.6 Å². The maximum absolute atomic E-state index is 11.1. The Hall–Kier alpha value is -0.610. The molecule has 94 valence electrons. The molecule has 0 aromatic carbocycles. The lowest BCUT2D eigenvalue weighted by molar-refractivity contribution is -0.143. The quantitative estimate of drug-likeness (QED) is 0.497. The molecule has 0 bridgehead atoms. The average molecular weight is 228 g/mol. The molecule has 0 aliphatic carbocycles. The summed E-state index contributed by atoms with van der Waals surface area (Å²) in [7, 11) is 2.18. The highest BCUT2D eigenvalue weighted by molar-refractivity contribution is 5.69. The van der Waals surface area contributed by atoms with Crippen LogP contribution in [0.3, 0.4) is 0 Å². The topological polar surface area (TPSA) is 41.6 Å². The Bertz CT molecular complexity index is 205. The first-order valence-corrected chi connectivity index (χ1v) is 6.30. The van der Waals surface area contributed by atoms with Crippen LogP contribution in [0.25, 0.3) is 0 Å². The minimum Gasteiger partial charge on any atom is -0.466 e. The van der Waals surface area contributed by atoms with Crippen LogP contribution in [-0.4, -0.2) is 50.2 Å². The van der Waals surface area contributed by atoms with Crippen molar-refractivity contribution in [2.45, 2.75) is 38.6 Å². The van der Waals surface area contributed by atoms with Gasteiger partial charge in [0.2, 0.25) is 0 Å².